The molecule has 0 bridgehead atoms. The Bertz CT molecular complexity index is 1140. The van der Waals surface area contributed by atoms with E-state index in [-0.39, 0.29) is 11.7 Å². The van der Waals surface area contributed by atoms with Crippen LogP contribution in [0.1, 0.15) is 82.5 Å². The van der Waals surface area contributed by atoms with Crippen LogP contribution in [0.15, 0.2) is 42.5 Å². The predicted molar refractivity (Wildman–Crippen MR) is 167 cm³/mol. The molecule has 0 aliphatic carbocycles. The van der Waals surface area contributed by atoms with Gasteiger partial charge in [0.25, 0.3) is 5.91 Å². The van der Waals surface area contributed by atoms with Gasteiger partial charge in [0.15, 0.2) is 0 Å². The molecule has 0 aliphatic rings. The van der Waals surface area contributed by atoms with E-state index >= 15 is 0 Å². The van der Waals surface area contributed by atoms with Crippen molar-refractivity contribution in [2.45, 2.75) is 91.3 Å². The van der Waals surface area contributed by atoms with Crippen LogP contribution in [0.4, 0.5) is 10.5 Å². The van der Waals surface area contributed by atoms with E-state index in [1.54, 1.807) is 49.6 Å². The van der Waals surface area contributed by atoms with Crippen LogP contribution in [0.3, 0.4) is 0 Å². The molecule has 41 heavy (non-hydrogen) atoms. The number of amides is 3. The summed E-state index contributed by atoms with van der Waals surface area (Å²) in [6.45, 7) is 11.6. The number of anilines is 1. The summed E-state index contributed by atoms with van der Waals surface area (Å²) in [4.78, 5) is 42.7. The zero-order valence-corrected chi connectivity index (χ0v) is 26.4. The summed E-state index contributed by atoms with van der Waals surface area (Å²) in [5.41, 5.74) is 2.24. The summed E-state index contributed by atoms with van der Waals surface area (Å²) >= 11 is 1.57. The maximum Gasteiger partial charge on any atom is 0.408 e. The number of para-hydroxylation sites is 1. The molecule has 0 spiro atoms. The number of ether oxygens (including phenoxy) is 1. The van der Waals surface area contributed by atoms with E-state index in [0.29, 0.717) is 36.4 Å². The van der Waals surface area contributed by atoms with Crippen molar-refractivity contribution in [1.29, 1.82) is 0 Å². The molecule has 226 valence electrons. The van der Waals surface area contributed by atoms with Gasteiger partial charge in [-0.15, -0.1) is 0 Å². The minimum atomic E-state index is -1.03. The first-order valence-corrected chi connectivity index (χ1v) is 15.7. The number of nitrogens with one attached hydrogen (secondary N) is 2. The number of carbonyl (C=O) groups excluding carboxylic acids is 3. The molecular weight excluding hydrogens is 538 g/mol. The molecule has 2 unspecified atom stereocenters. The summed E-state index contributed by atoms with van der Waals surface area (Å²) in [5, 5.41) is 16.2. The lowest BCUT2D eigenvalue weighted by molar-refractivity contribution is -0.141. The van der Waals surface area contributed by atoms with Crippen LogP contribution < -0.4 is 10.6 Å². The number of alkyl carbamates (subject to hydrolysis) is 1. The monoisotopic (exact) mass is 585 g/mol. The van der Waals surface area contributed by atoms with E-state index in [1.807, 2.05) is 38.3 Å². The molecule has 3 N–H and O–H groups in total. The second kappa shape index (κ2) is 16.3. The Morgan fingerprint density at radius 2 is 1.68 bits per heavy atom. The van der Waals surface area contributed by atoms with Gasteiger partial charge >= 0.3 is 6.09 Å². The maximum atomic E-state index is 14.3. The fraction of sp³-hybridized carbons (Fsp3) is 0.531. The summed E-state index contributed by atoms with van der Waals surface area (Å²) in [5.74, 6) is -0.137. The molecular formula is C32H47N3O5S. The Labute approximate surface area is 249 Å². The van der Waals surface area contributed by atoms with Crippen LogP contribution in [0.2, 0.25) is 0 Å². The highest BCUT2D eigenvalue weighted by Crippen LogP contribution is 2.29. The first-order chi connectivity index (χ1) is 19.4. The fourth-order valence-electron chi connectivity index (χ4n) is 4.59. The summed E-state index contributed by atoms with van der Waals surface area (Å²) in [6.07, 6.45) is 5.22. The quantitative estimate of drug-likeness (QED) is 0.212. The number of aromatic hydroxyl groups is 1. The van der Waals surface area contributed by atoms with Gasteiger partial charge in [0.2, 0.25) is 5.91 Å². The van der Waals surface area contributed by atoms with Crippen LogP contribution >= 0.6 is 11.8 Å². The number of carbonyl (C=O) groups is 3. The molecule has 8 nitrogen and oxygen atoms in total. The summed E-state index contributed by atoms with van der Waals surface area (Å²) in [7, 11) is 0. The number of phenols is 1. The first kappa shape index (κ1) is 34.0. The standard InChI is InChI=1S/C32H47N3O5S/c1-8-9-10-11-19-35(30(38)26(18-20-41-7)33-31(39)40-32(4,5)6)28(24-16-13-17-25(36)21-24)29(37)34-27-22(2)14-12-15-23(27)3/h12-17,21,26,28,36H,8-11,18-20H2,1-7H3,(H,33,39)(H,34,37). The van der Waals surface area contributed by atoms with Gasteiger partial charge in [0.05, 0.1) is 0 Å². The number of thioether (sulfide) groups is 1. The number of hydrogen-bond acceptors (Lipinski definition) is 6. The van der Waals surface area contributed by atoms with E-state index in [2.05, 4.69) is 17.6 Å². The Morgan fingerprint density at radius 1 is 1.02 bits per heavy atom. The molecule has 2 rings (SSSR count). The van der Waals surface area contributed by atoms with Crippen molar-refractivity contribution in [1.82, 2.24) is 10.2 Å². The van der Waals surface area contributed by atoms with E-state index in [4.69, 9.17) is 4.74 Å². The highest BCUT2D eigenvalue weighted by molar-refractivity contribution is 7.98. The SMILES string of the molecule is CCCCCCN(C(=O)C(CCSC)NC(=O)OC(C)(C)C)C(C(=O)Nc1c(C)cccc1C)c1cccc(O)c1. The molecule has 0 fully saturated rings. The lowest BCUT2D eigenvalue weighted by Crippen LogP contribution is -2.52. The Hall–Kier alpha value is -3.20. The smallest absolute Gasteiger partial charge is 0.408 e. The van der Waals surface area contributed by atoms with E-state index in [0.717, 1.165) is 30.4 Å². The summed E-state index contributed by atoms with van der Waals surface area (Å²) < 4.78 is 5.46. The molecule has 0 radical (unpaired) electrons. The minimum absolute atomic E-state index is 0.00318. The molecule has 0 aromatic heterocycles. The average molecular weight is 586 g/mol. The van der Waals surface area contributed by atoms with Crippen molar-refractivity contribution in [2.24, 2.45) is 0 Å². The third-order valence-electron chi connectivity index (χ3n) is 6.61. The number of unbranched alkanes of at least 4 members (excludes halogenated alkanes) is 3. The molecule has 0 aliphatic heterocycles. The number of phenolic OH excluding ortho intramolecular Hbond substituents is 1. The van der Waals surface area contributed by atoms with Crippen molar-refractivity contribution in [3.63, 3.8) is 0 Å². The highest BCUT2D eigenvalue weighted by Gasteiger charge is 2.36. The second-order valence-corrected chi connectivity index (χ2v) is 12.3. The van der Waals surface area contributed by atoms with E-state index in [1.165, 1.54) is 12.1 Å². The number of benzene rings is 2. The zero-order valence-electron chi connectivity index (χ0n) is 25.6. The lowest BCUT2D eigenvalue weighted by Gasteiger charge is -2.35. The van der Waals surface area contributed by atoms with E-state index in [9.17, 15) is 19.5 Å². The van der Waals surface area contributed by atoms with E-state index < -0.39 is 29.7 Å². The van der Waals surface area contributed by atoms with Crippen LogP contribution in [-0.2, 0) is 14.3 Å². The van der Waals surface area contributed by atoms with Gasteiger partial charge in [-0.3, -0.25) is 9.59 Å². The number of nitrogens with zero attached hydrogens (tertiary/aromatic N) is 1. The molecule has 9 heteroatoms. The molecule has 0 heterocycles. The minimum Gasteiger partial charge on any atom is -0.508 e. The van der Waals surface area contributed by atoms with Crippen molar-refractivity contribution in [2.75, 3.05) is 23.9 Å². The Balaban J connectivity index is 2.56. The van der Waals surface area contributed by atoms with Gasteiger partial charge in [0, 0.05) is 12.2 Å². The number of rotatable bonds is 14. The van der Waals surface area contributed by atoms with Crippen molar-refractivity contribution >= 4 is 35.4 Å². The van der Waals surface area contributed by atoms with Gasteiger partial charge in [0.1, 0.15) is 23.4 Å². The normalized spacial score (nSPS) is 12.8. The fourth-order valence-corrected chi connectivity index (χ4v) is 5.06. The molecule has 2 aromatic rings. The third-order valence-corrected chi connectivity index (χ3v) is 7.25. The average Bonchev–Trinajstić information content (AvgIpc) is 2.89. The summed E-state index contributed by atoms with van der Waals surface area (Å²) in [6, 6.07) is 10.3. The molecule has 0 saturated carbocycles. The Kier molecular flexibility index (Phi) is 13.5. The molecule has 2 atom stereocenters. The predicted octanol–water partition coefficient (Wildman–Crippen LogP) is 6.74. The third kappa shape index (κ3) is 10.9. The second-order valence-electron chi connectivity index (χ2n) is 11.3. The van der Waals surface area contributed by atoms with Gasteiger partial charge in [-0.05, 0) is 88.3 Å². The Morgan fingerprint density at radius 3 is 2.27 bits per heavy atom. The lowest BCUT2D eigenvalue weighted by atomic mass is 10.0. The van der Waals surface area contributed by atoms with Crippen molar-refractivity contribution in [3.8, 4) is 5.75 Å². The van der Waals surface area contributed by atoms with Crippen LogP contribution in [-0.4, -0.2) is 58.1 Å². The van der Waals surface area contributed by atoms with Crippen LogP contribution in [0, 0.1) is 13.8 Å². The van der Waals surface area contributed by atoms with Crippen LogP contribution in [0.25, 0.3) is 0 Å². The first-order valence-electron chi connectivity index (χ1n) is 14.3. The van der Waals surface area contributed by atoms with Crippen molar-refractivity contribution < 1.29 is 24.2 Å². The number of hydrogen-bond donors (Lipinski definition) is 3. The molecule has 0 saturated heterocycles. The van der Waals surface area contributed by atoms with Gasteiger partial charge in [-0.25, -0.2) is 4.79 Å². The van der Waals surface area contributed by atoms with Crippen molar-refractivity contribution in [3.05, 3.63) is 59.2 Å². The topological polar surface area (TPSA) is 108 Å². The van der Waals surface area contributed by atoms with Gasteiger partial charge in [-0.1, -0.05) is 56.5 Å². The van der Waals surface area contributed by atoms with Gasteiger partial charge in [-0.2, -0.15) is 11.8 Å². The molecule has 2 aromatic carbocycles. The molecule has 3 amide bonds. The van der Waals surface area contributed by atoms with Gasteiger partial charge < -0.3 is 25.4 Å². The highest BCUT2D eigenvalue weighted by atomic mass is 32.2. The largest absolute Gasteiger partial charge is 0.508 e. The maximum absolute atomic E-state index is 14.3. The zero-order chi connectivity index (χ0) is 30.6. The van der Waals surface area contributed by atoms with Crippen LogP contribution in [0.5, 0.6) is 5.75 Å². The number of aryl methyl sites for hydroxylation is 2.